The lowest BCUT2D eigenvalue weighted by Crippen LogP contribution is -2.48. The molecule has 1 N–H and O–H groups in total. The molecular formula is C20H26FN3O2S. The predicted molar refractivity (Wildman–Crippen MR) is 106 cm³/mol. The van der Waals surface area contributed by atoms with Crippen molar-refractivity contribution in [2.45, 2.75) is 18.7 Å². The van der Waals surface area contributed by atoms with Gasteiger partial charge in [0.1, 0.15) is 5.82 Å². The van der Waals surface area contributed by atoms with Gasteiger partial charge >= 0.3 is 0 Å². The van der Waals surface area contributed by atoms with Crippen LogP contribution in [0.3, 0.4) is 0 Å². The van der Waals surface area contributed by atoms with Gasteiger partial charge in [-0.1, -0.05) is 6.07 Å². The molecule has 0 bridgehead atoms. The lowest BCUT2D eigenvalue weighted by atomic mass is 10.1. The molecule has 0 spiro atoms. The molecule has 5 nitrogen and oxygen atoms in total. The number of nitrogens with one attached hydrogen (secondary N) is 1. The van der Waals surface area contributed by atoms with Crippen LogP contribution in [-0.2, 0) is 10.0 Å². The maximum atomic E-state index is 13.0. The summed E-state index contributed by atoms with van der Waals surface area (Å²) in [5.74, 6) is -0.228. The molecule has 2 aromatic carbocycles. The van der Waals surface area contributed by atoms with Crippen molar-refractivity contribution in [1.82, 2.24) is 9.62 Å². The topological polar surface area (TPSA) is 52.7 Å². The van der Waals surface area contributed by atoms with Crippen LogP contribution in [0, 0.1) is 19.7 Å². The van der Waals surface area contributed by atoms with Crippen molar-refractivity contribution in [3.63, 3.8) is 0 Å². The molecule has 1 aliphatic heterocycles. The van der Waals surface area contributed by atoms with Crippen LogP contribution >= 0.6 is 0 Å². The minimum Gasteiger partial charge on any atom is -0.369 e. The molecule has 0 aliphatic carbocycles. The Morgan fingerprint density at radius 3 is 2.26 bits per heavy atom. The fraction of sp³-hybridized carbons (Fsp3) is 0.400. The summed E-state index contributed by atoms with van der Waals surface area (Å²) in [4.78, 5) is 4.77. The van der Waals surface area contributed by atoms with E-state index in [0.717, 1.165) is 43.0 Å². The smallest absolute Gasteiger partial charge is 0.240 e. The number of aryl methyl sites for hydroxylation is 2. The predicted octanol–water partition coefficient (Wildman–Crippen LogP) is 2.54. The zero-order valence-electron chi connectivity index (χ0n) is 15.8. The fourth-order valence-electron chi connectivity index (χ4n) is 3.18. The summed E-state index contributed by atoms with van der Waals surface area (Å²) in [5, 5.41) is 0. The van der Waals surface area contributed by atoms with Crippen molar-refractivity contribution >= 4 is 15.7 Å². The number of piperazine rings is 1. The number of sulfonamides is 1. The van der Waals surface area contributed by atoms with Crippen LogP contribution in [0.15, 0.2) is 47.4 Å². The number of halogens is 1. The van der Waals surface area contributed by atoms with Crippen molar-refractivity contribution < 1.29 is 12.8 Å². The van der Waals surface area contributed by atoms with Crippen LogP contribution in [-0.4, -0.2) is 52.6 Å². The minimum atomic E-state index is -3.48. The fourth-order valence-corrected chi connectivity index (χ4v) is 4.29. The van der Waals surface area contributed by atoms with Crippen LogP contribution in [0.4, 0.5) is 10.1 Å². The zero-order valence-corrected chi connectivity index (χ0v) is 16.6. The van der Waals surface area contributed by atoms with Crippen molar-refractivity contribution in [3.8, 4) is 0 Å². The lowest BCUT2D eigenvalue weighted by Gasteiger charge is -2.36. The highest BCUT2D eigenvalue weighted by atomic mass is 32.2. The summed E-state index contributed by atoms with van der Waals surface area (Å²) in [5.41, 5.74) is 3.06. The average Bonchev–Trinajstić information content (AvgIpc) is 2.65. The third kappa shape index (κ3) is 5.06. The molecular weight excluding hydrogens is 365 g/mol. The zero-order chi connectivity index (χ0) is 19.4. The molecule has 1 saturated heterocycles. The quantitative estimate of drug-likeness (QED) is 0.822. The number of anilines is 1. The van der Waals surface area contributed by atoms with E-state index in [1.807, 2.05) is 19.9 Å². The van der Waals surface area contributed by atoms with E-state index in [1.165, 1.54) is 12.1 Å². The second-order valence-electron chi connectivity index (χ2n) is 6.95. The molecule has 2 aromatic rings. The van der Waals surface area contributed by atoms with E-state index >= 15 is 0 Å². The van der Waals surface area contributed by atoms with Crippen LogP contribution in [0.5, 0.6) is 0 Å². The van der Waals surface area contributed by atoms with Crippen LogP contribution in [0.1, 0.15) is 11.1 Å². The summed E-state index contributed by atoms with van der Waals surface area (Å²) in [6, 6.07) is 11.7. The summed E-state index contributed by atoms with van der Waals surface area (Å²) in [6.45, 7) is 8.31. The third-order valence-corrected chi connectivity index (χ3v) is 6.53. The second kappa shape index (κ2) is 8.37. The van der Waals surface area contributed by atoms with E-state index in [2.05, 4.69) is 14.5 Å². The number of nitrogens with zero attached hydrogens (tertiary/aromatic N) is 2. The summed E-state index contributed by atoms with van der Waals surface area (Å²) in [7, 11) is -3.48. The molecule has 146 valence electrons. The Morgan fingerprint density at radius 2 is 1.63 bits per heavy atom. The Bertz CT molecular complexity index is 877. The number of rotatable bonds is 6. The van der Waals surface area contributed by atoms with Gasteiger partial charge in [0.05, 0.1) is 4.90 Å². The van der Waals surface area contributed by atoms with Gasteiger partial charge in [-0.3, -0.25) is 4.90 Å². The maximum absolute atomic E-state index is 13.0. The van der Waals surface area contributed by atoms with Crippen LogP contribution < -0.4 is 9.62 Å². The normalized spacial score (nSPS) is 15.9. The highest BCUT2D eigenvalue weighted by Crippen LogP contribution is 2.17. The highest BCUT2D eigenvalue weighted by molar-refractivity contribution is 7.89. The van der Waals surface area contributed by atoms with E-state index < -0.39 is 10.0 Å². The van der Waals surface area contributed by atoms with Gasteiger partial charge in [-0.05, 0) is 61.4 Å². The molecule has 7 heteroatoms. The molecule has 1 aliphatic rings. The maximum Gasteiger partial charge on any atom is 0.240 e. The first-order valence-electron chi connectivity index (χ1n) is 9.15. The Morgan fingerprint density at radius 1 is 0.963 bits per heavy atom. The third-order valence-electron chi connectivity index (χ3n) is 5.07. The van der Waals surface area contributed by atoms with E-state index in [1.54, 1.807) is 24.3 Å². The Hall–Kier alpha value is -1.96. The van der Waals surface area contributed by atoms with Gasteiger partial charge in [0, 0.05) is 45.0 Å². The van der Waals surface area contributed by atoms with Crippen LogP contribution in [0.2, 0.25) is 0 Å². The van der Waals surface area contributed by atoms with E-state index in [9.17, 15) is 12.8 Å². The van der Waals surface area contributed by atoms with Crippen molar-refractivity contribution in [1.29, 1.82) is 0 Å². The molecule has 0 amide bonds. The molecule has 0 radical (unpaired) electrons. The number of hydrogen-bond acceptors (Lipinski definition) is 4. The Labute approximate surface area is 160 Å². The second-order valence-corrected chi connectivity index (χ2v) is 8.72. The standard InChI is InChI=1S/C20H26FN3O2S/c1-16-3-8-20(15-17(16)2)27(25,26)22-9-10-23-11-13-24(14-12-23)19-6-4-18(21)5-7-19/h3-8,15,22H,9-14H2,1-2H3. The van der Waals surface area contributed by atoms with Crippen LogP contribution in [0.25, 0.3) is 0 Å². The first kappa shape index (κ1) is 19.8. The summed E-state index contributed by atoms with van der Waals surface area (Å²) >= 11 is 0. The van der Waals surface area contributed by atoms with Gasteiger partial charge in [0.15, 0.2) is 0 Å². The van der Waals surface area contributed by atoms with Crippen molar-refractivity contribution in [2.24, 2.45) is 0 Å². The molecule has 0 saturated carbocycles. The van der Waals surface area contributed by atoms with Gasteiger partial charge in [-0.2, -0.15) is 0 Å². The van der Waals surface area contributed by atoms with E-state index in [-0.39, 0.29) is 5.82 Å². The molecule has 1 fully saturated rings. The first-order chi connectivity index (χ1) is 12.8. The van der Waals surface area contributed by atoms with Gasteiger partial charge in [-0.15, -0.1) is 0 Å². The van der Waals surface area contributed by atoms with E-state index in [0.29, 0.717) is 18.0 Å². The molecule has 27 heavy (non-hydrogen) atoms. The highest BCUT2D eigenvalue weighted by Gasteiger charge is 2.19. The Kier molecular flexibility index (Phi) is 6.14. The lowest BCUT2D eigenvalue weighted by molar-refractivity contribution is 0.262. The molecule has 3 rings (SSSR count). The molecule has 0 aromatic heterocycles. The Balaban J connectivity index is 1.47. The van der Waals surface area contributed by atoms with Gasteiger partial charge < -0.3 is 4.90 Å². The number of benzene rings is 2. The van der Waals surface area contributed by atoms with Gasteiger partial charge in [-0.25, -0.2) is 17.5 Å². The van der Waals surface area contributed by atoms with Gasteiger partial charge in [0.2, 0.25) is 10.0 Å². The summed E-state index contributed by atoms with van der Waals surface area (Å²) in [6.07, 6.45) is 0. The largest absolute Gasteiger partial charge is 0.369 e. The van der Waals surface area contributed by atoms with Crippen molar-refractivity contribution in [3.05, 3.63) is 59.4 Å². The SMILES string of the molecule is Cc1ccc(S(=O)(=O)NCCN2CCN(c3ccc(F)cc3)CC2)cc1C. The monoisotopic (exact) mass is 391 g/mol. The number of hydrogen-bond donors (Lipinski definition) is 1. The minimum absolute atomic E-state index is 0.228. The van der Waals surface area contributed by atoms with Gasteiger partial charge in [0.25, 0.3) is 0 Å². The average molecular weight is 392 g/mol. The molecule has 0 atom stereocenters. The molecule has 0 unspecified atom stereocenters. The summed E-state index contributed by atoms with van der Waals surface area (Å²) < 4.78 is 40.6. The van der Waals surface area contributed by atoms with Crippen molar-refractivity contribution in [2.75, 3.05) is 44.2 Å². The first-order valence-corrected chi connectivity index (χ1v) is 10.6. The molecule has 1 heterocycles. The van der Waals surface area contributed by atoms with E-state index in [4.69, 9.17) is 0 Å².